The van der Waals surface area contributed by atoms with Crippen LogP contribution in [0.5, 0.6) is 0 Å². The van der Waals surface area contributed by atoms with Crippen LogP contribution < -0.4 is 0 Å². The van der Waals surface area contributed by atoms with Gasteiger partial charge in [-0.1, -0.05) is 139 Å². The fourth-order valence-electron chi connectivity index (χ4n) is 4.95. The zero-order chi connectivity index (χ0) is 39.0. The summed E-state index contributed by atoms with van der Waals surface area (Å²) in [6.45, 7) is 0. The quantitative estimate of drug-likeness (QED) is 0.209. The highest BCUT2D eigenvalue weighted by molar-refractivity contribution is 6.11. The summed E-state index contributed by atoms with van der Waals surface area (Å²) in [5.74, 6) is -0.109. The van der Waals surface area contributed by atoms with E-state index in [4.69, 9.17) is 25.9 Å². The summed E-state index contributed by atoms with van der Waals surface area (Å²) >= 11 is 0. The average Bonchev–Trinajstić information content (AvgIpc) is 3.55. The second kappa shape index (κ2) is 10.5. The van der Waals surface area contributed by atoms with Gasteiger partial charge in [-0.15, -0.1) is 0 Å². The monoisotopic (exact) mass is 563 g/mol. The second-order valence-corrected chi connectivity index (χ2v) is 9.58. The van der Waals surface area contributed by atoms with E-state index in [2.05, 4.69) is 9.97 Å². The number of hydrogen-bond donors (Lipinski definition) is 0. The lowest BCUT2D eigenvalue weighted by molar-refractivity contribution is 0.669. The molecular formula is C39H25N3O. The molecule has 0 aliphatic carbocycles. The molecule has 4 heteroatoms. The molecule has 0 radical (unpaired) electrons. The normalized spacial score (nSPS) is 15.2. The van der Waals surface area contributed by atoms with Gasteiger partial charge in [0.05, 0.1) is 16.4 Å². The van der Waals surface area contributed by atoms with Crippen molar-refractivity contribution < 1.29 is 20.9 Å². The molecule has 0 saturated carbocycles. The Labute approximate surface area is 265 Å². The number of aromatic nitrogens is 3. The van der Waals surface area contributed by atoms with Crippen LogP contribution in [-0.4, -0.2) is 15.0 Å². The fourth-order valence-corrected chi connectivity index (χ4v) is 4.95. The molecule has 0 N–H and O–H groups in total. The molecule has 0 unspecified atom stereocenters. The molecule has 0 saturated heterocycles. The maximum atomic E-state index is 8.94. The summed E-state index contributed by atoms with van der Waals surface area (Å²) in [6.07, 6.45) is 0. The Hall–Kier alpha value is -5.87. The van der Waals surface area contributed by atoms with Crippen molar-refractivity contribution in [3.63, 3.8) is 0 Å². The third-order valence-corrected chi connectivity index (χ3v) is 7.00. The molecule has 0 fully saturated rings. The van der Waals surface area contributed by atoms with Gasteiger partial charge in [0.25, 0.3) is 0 Å². The SMILES string of the molecule is [2H]c1ccc2oc3ccc([2H])c(-c4nc(-c5ccc(-c6ccc(-c7c([2H])c([2H])c([2H])c([2H])c7[2H])cc6)cc5)nc(-c5c([2H])c([2H])c([2H])c([2H])c5[2H])n4)c3c2c1. The molecule has 2 heterocycles. The zero-order valence-electron chi connectivity index (χ0n) is 34.3. The lowest BCUT2D eigenvalue weighted by Crippen LogP contribution is -2.00. The van der Waals surface area contributed by atoms with E-state index in [1.165, 1.54) is 6.07 Å². The summed E-state index contributed by atoms with van der Waals surface area (Å²) in [5, 5.41) is 1.03. The van der Waals surface area contributed by atoms with Gasteiger partial charge in [0.15, 0.2) is 17.5 Å². The van der Waals surface area contributed by atoms with Gasteiger partial charge in [-0.2, -0.15) is 0 Å². The Kier molecular flexibility index (Phi) is 3.76. The maximum absolute atomic E-state index is 8.94. The summed E-state index contributed by atoms with van der Waals surface area (Å²) in [7, 11) is 0. The van der Waals surface area contributed by atoms with Crippen LogP contribution in [0.15, 0.2) is 156 Å². The van der Waals surface area contributed by atoms with Crippen LogP contribution in [-0.2, 0) is 0 Å². The predicted molar refractivity (Wildman–Crippen MR) is 174 cm³/mol. The highest BCUT2D eigenvalue weighted by atomic mass is 16.3. The molecule has 8 rings (SSSR count). The smallest absolute Gasteiger partial charge is 0.164 e. The molecule has 0 atom stereocenters. The van der Waals surface area contributed by atoms with Crippen molar-refractivity contribution in [1.82, 2.24) is 15.0 Å². The topological polar surface area (TPSA) is 51.8 Å². The molecule has 8 aromatic rings. The van der Waals surface area contributed by atoms with Crippen molar-refractivity contribution in [3.05, 3.63) is 151 Å². The highest BCUT2D eigenvalue weighted by Crippen LogP contribution is 2.36. The van der Waals surface area contributed by atoms with E-state index in [9.17, 15) is 0 Å². The molecule has 4 nitrogen and oxygen atoms in total. The predicted octanol–water partition coefficient (Wildman–Crippen LogP) is 10.1. The van der Waals surface area contributed by atoms with Crippen LogP contribution in [0.1, 0.15) is 16.4 Å². The zero-order valence-corrected chi connectivity index (χ0v) is 22.3. The number of nitrogens with zero attached hydrogens (tertiary/aromatic N) is 3. The first-order valence-electron chi connectivity index (χ1n) is 19.3. The minimum Gasteiger partial charge on any atom is -0.456 e. The van der Waals surface area contributed by atoms with Gasteiger partial charge in [-0.25, -0.2) is 15.0 Å². The Morgan fingerprint density at radius 1 is 0.419 bits per heavy atom. The molecule has 2 aromatic heterocycles. The first-order chi connectivity index (χ1) is 26.2. The van der Waals surface area contributed by atoms with E-state index < -0.39 is 48.3 Å². The van der Waals surface area contributed by atoms with E-state index in [0.717, 1.165) is 11.1 Å². The lowest BCUT2D eigenvalue weighted by Gasteiger charge is -2.10. The van der Waals surface area contributed by atoms with Crippen molar-refractivity contribution >= 4 is 21.9 Å². The second-order valence-electron chi connectivity index (χ2n) is 9.58. The van der Waals surface area contributed by atoms with Crippen molar-refractivity contribution in [2.45, 2.75) is 0 Å². The lowest BCUT2D eigenvalue weighted by atomic mass is 9.99. The number of rotatable bonds is 5. The first-order valence-corrected chi connectivity index (χ1v) is 13.3. The molecule has 0 bridgehead atoms. The number of hydrogen-bond acceptors (Lipinski definition) is 4. The molecule has 0 spiro atoms. The van der Waals surface area contributed by atoms with Gasteiger partial charge >= 0.3 is 0 Å². The van der Waals surface area contributed by atoms with E-state index in [-0.39, 0.29) is 58.3 Å². The van der Waals surface area contributed by atoms with E-state index in [1.54, 1.807) is 72.8 Å². The van der Waals surface area contributed by atoms with Crippen LogP contribution in [0.4, 0.5) is 0 Å². The van der Waals surface area contributed by atoms with Gasteiger partial charge in [0.1, 0.15) is 11.2 Å². The van der Waals surface area contributed by atoms with Gasteiger partial charge in [0, 0.05) is 27.5 Å². The van der Waals surface area contributed by atoms with Crippen LogP contribution >= 0.6 is 0 Å². The summed E-state index contributed by atoms with van der Waals surface area (Å²) in [6, 6.07) is 17.7. The average molecular weight is 564 g/mol. The highest BCUT2D eigenvalue weighted by Gasteiger charge is 2.17. The van der Waals surface area contributed by atoms with Crippen molar-refractivity contribution in [2.24, 2.45) is 0 Å². The number of benzene rings is 6. The minimum absolute atomic E-state index is 0.00666. The van der Waals surface area contributed by atoms with E-state index in [0.29, 0.717) is 33.1 Å². The summed E-state index contributed by atoms with van der Waals surface area (Å²) in [5.41, 5.74) is 3.49. The third kappa shape index (κ3) is 4.65. The van der Waals surface area contributed by atoms with Crippen LogP contribution in [0.2, 0.25) is 0 Å². The molecule has 6 aromatic carbocycles. The standard InChI is InChI=1S/C39H25N3O/c1-3-10-26(11-4-1)27-18-20-28(21-19-27)29-22-24-31(25-23-29)38-40-37(30-12-5-2-6-13-30)41-39(42-38)33-15-9-17-35-36(33)32-14-7-8-16-34(32)43-35/h1-25H/i1D,2D,3D,4D,5D,6D,7D,10D,11D,12D,13D,15D. The molecule has 0 aliphatic rings. The Balaban J connectivity index is 1.27. The van der Waals surface area contributed by atoms with Crippen molar-refractivity contribution in [2.75, 3.05) is 0 Å². The van der Waals surface area contributed by atoms with E-state index >= 15 is 0 Å². The fraction of sp³-hybridized carbons (Fsp3) is 0. The van der Waals surface area contributed by atoms with Crippen molar-refractivity contribution in [3.8, 4) is 56.4 Å². The number of furan rings is 1. The third-order valence-electron chi connectivity index (χ3n) is 7.00. The Morgan fingerprint density at radius 2 is 0.953 bits per heavy atom. The molecule has 0 amide bonds. The van der Waals surface area contributed by atoms with E-state index in [1.807, 2.05) is 0 Å². The first kappa shape index (κ1) is 15.4. The maximum Gasteiger partial charge on any atom is 0.164 e. The largest absolute Gasteiger partial charge is 0.456 e. The van der Waals surface area contributed by atoms with Crippen LogP contribution in [0, 0.1) is 0 Å². The molecular weight excluding hydrogens is 526 g/mol. The Bertz CT molecular complexity index is 2840. The summed E-state index contributed by atoms with van der Waals surface area (Å²) in [4.78, 5) is 14.0. The number of fused-ring (bicyclic) bond motifs is 3. The Morgan fingerprint density at radius 3 is 1.63 bits per heavy atom. The van der Waals surface area contributed by atoms with Gasteiger partial charge < -0.3 is 4.42 Å². The van der Waals surface area contributed by atoms with Crippen LogP contribution in [0.25, 0.3) is 78.4 Å². The van der Waals surface area contributed by atoms with Gasteiger partial charge in [-0.05, 0) is 34.4 Å². The molecule has 202 valence electrons. The van der Waals surface area contributed by atoms with Gasteiger partial charge in [0.2, 0.25) is 0 Å². The minimum atomic E-state index is -0.570. The number of para-hydroxylation sites is 1. The molecule has 43 heavy (non-hydrogen) atoms. The van der Waals surface area contributed by atoms with Crippen molar-refractivity contribution in [1.29, 1.82) is 0 Å². The van der Waals surface area contributed by atoms with Crippen LogP contribution in [0.3, 0.4) is 0 Å². The van der Waals surface area contributed by atoms with Gasteiger partial charge in [-0.3, -0.25) is 0 Å². The molecule has 0 aliphatic heterocycles. The summed E-state index contributed by atoms with van der Waals surface area (Å²) < 4.78 is 106.